The Morgan fingerprint density at radius 2 is 1.90 bits per heavy atom. The molecule has 0 amide bonds. The molecule has 9 heteroatoms. The number of carbonyl (C=O) groups is 2. The van der Waals surface area contributed by atoms with Gasteiger partial charge in [0, 0.05) is 14.2 Å². The number of rotatable bonds is 6. The lowest BCUT2D eigenvalue weighted by Gasteiger charge is -2.05. The number of esters is 1. The summed E-state index contributed by atoms with van der Waals surface area (Å²) >= 11 is 2.26. The number of methoxy groups -OCH3 is 2. The molecule has 1 aromatic rings. The fraction of sp³-hybridized carbons (Fsp3) is 0.417. The third-order valence-corrected chi connectivity index (χ3v) is 3.58. The van der Waals surface area contributed by atoms with Gasteiger partial charge in [-0.1, -0.05) is 23.5 Å². The van der Waals surface area contributed by atoms with Crippen molar-refractivity contribution in [3.8, 4) is 6.07 Å². The zero-order valence-electron chi connectivity index (χ0n) is 11.9. The highest BCUT2D eigenvalue weighted by Gasteiger charge is 2.13. The van der Waals surface area contributed by atoms with Gasteiger partial charge in [0.2, 0.25) is 0 Å². The Labute approximate surface area is 131 Å². The molecule has 0 aliphatic carbocycles. The highest BCUT2D eigenvalue weighted by atomic mass is 32.2. The first-order chi connectivity index (χ1) is 10.1. The number of hydrogen-bond donors (Lipinski definition) is 0. The van der Waals surface area contributed by atoms with Crippen LogP contribution in [0.1, 0.15) is 5.56 Å². The van der Waals surface area contributed by atoms with Crippen LogP contribution in [-0.2, 0) is 19.1 Å². The van der Waals surface area contributed by atoms with Crippen molar-refractivity contribution in [2.24, 2.45) is 0 Å². The highest BCUT2D eigenvalue weighted by Crippen LogP contribution is 2.26. The number of aldehydes is 1. The van der Waals surface area contributed by atoms with Crippen LogP contribution in [0.3, 0.4) is 0 Å². The lowest BCUT2D eigenvalue weighted by molar-refractivity contribution is -0.137. The van der Waals surface area contributed by atoms with E-state index in [2.05, 4.69) is 19.4 Å². The topological polar surface area (TPSA) is 102 Å². The van der Waals surface area contributed by atoms with Gasteiger partial charge in [-0.25, -0.2) is 9.97 Å². The minimum Gasteiger partial charge on any atom is -0.468 e. The van der Waals surface area contributed by atoms with Crippen molar-refractivity contribution in [1.82, 2.24) is 9.97 Å². The van der Waals surface area contributed by atoms with Crippen LogP contribution in [-0.4, -0.2) is 55.1 Å². The Hall–Kier alpha value is -1.63. The summed E-state index contributed by atoms with van der Waals surface area (Å²) in [5.41, 5.74) is 0.276. The molecular formula is C12H15N3O4S2. The van der Waals surface area contributed by atoms with Crippen LogP contribution in [0.5, 0.6) is 0 Å². The van der Waals surface area contributed by atoms with Gasteiger partial charge in [0.15, 0.2) is 0 Å². The Morgan fingerprint density at radius 3 is 2.38 bits per heavy atom. The minimum atomic E-state index is -0.399. The standard InChI is InChI=1S/C10H9N3O3S2.C2H6O/c1-16-8(15)5-18-10-7(4-11)9(12-6-13-10)17-3-2-14;1-3-2/h2,6H,3,5H2,1H3;1-2H3. The molecule has 21 heavy (non-hydrogen) atoms. The molecule has 1 heterocycles. The zero-order chi connectivity index (χ0) is 16.1. The van der Waals surface area contributed by atoms with Crippen LogP contribution in [0, 0.1) is 11.3 Å². The third kappa shape index (κ3) is 7.65. The van der Waals surface area contributed by atoms with E-state index in [-0.39, 0.29) is 17.1 Å². The van der Waals surface area contributed by atoms with Crippen LogP contribution in [0.15, 0.2) is 16.4 Å². The summed E-state index contributed by atoms with van der Waals surface area (Å²) in [5, 5.41) is 9.91. The Balaban J connectivity index is 0.00000122. The molecule has 114 valence electrons. The number of hydrogen-bond acceptors (Lipinski definition) is 9. The summed E-state index contributed by atoms with van der Waals surface area (Å²) < 4.78 is 8.75. The molecule has 7 nitrogen and oxygen atoms in total. The van der Waals surface area contributed by atoms with Crippen molar-refractivity contribution in [3.05, 3.63) is 11.9 Å². The molecule has 0 unspecified atom stereocenters. The monoisotopic (exact) mass is 329 g/mol. The van der Waals surface area contributed by atoms with E-state index in [0.717, 1.165) is 29.8 Å². The van der Waals surface area contributed by atoms with Crippen molar-refractivity contribution in [2.45, 2.75) is 10.1 Å². The quantitative estimate of drug-likeness (QED) is 0.329. The number of ether oxygens (including phenoxy) is 2. The number of thioether (sulfide) groups is 2. The molecule has 0 atom stereocenters. The minimum absolute atomic E-state index is 0.0694. The fourth-order valence-electron chi connectivity index (χ4n) is 0.968. The molecule has 0 spiro atoms. The summed E-state index contributed by atoms with van der Waals surface area (Å²) in [6.07, 6.45) is 2.03. The fourth-order valence-corrected chi connectivity index (χ4v) is 2.45. The number of nitrogens with zero attached hydrogens (tertiary/aromatic N) is 3. The first-order valence-corrected chi connectivity index (χ1v) is 7.52. The van der Waals surface area contributed by atoms with Crippen LogP contribution < -0.4 is 0 Å². The lowest BCUT2D eigenvalue weighted by Crippen LogP contribution is -2.04. The van der Waals surface area contributed by atoms with E-state index in [4.69, 9.17) is 5.26 Å². The summed E-state index contributed by atoms with van der Waals surface area (Å²) in [7, 11) is 4.54. The van der Waals surface area contributed by atoms with E-state index < -0.39 is 5.97 Å². The maximum absolute atomic E-state index is 11.0. The average Bonchev–Trinajstić information content (AvgIpc) is 2.51. The maximum atomic E-state index is 11.0. The molecule has 1 aromatic heterocycles. The van der Waals surface area contributed by atoms with E-state index in [1.54, 1.807) is 14.2 Å². The van der Waals surface area contributed by atoms with Crippen molar-refractivity contribution >= 4 is 35.8 Å². The predicted octanol–water partition coefficient (Wildman–Crippen LogP) is 1.17. The smallest absolute Gasteiger partial charge is 0.316 e. The average molecular weight is 329 g/mol. The molecule has 0 aromatic carbocycles. The molecule has 0 fully saturated rings. The van der Waals surface area contributed by atoms with Gasteiger partial charge in [0.1, 0.15) is 34.3 Å². The van der Waals surface area contributed by atoms with Gasteiger partial charge in [-0.3, -0.25) is 4.79 Å². The van der Waals surface area contributed by atoms with Crippen LogP contribution in [0.4, 0.5) is 0 Å². The van der Waals surface area contributed by atoms with E-state index >= 15 is 0 Å². The van der Waals surface area contributed by atoms with E-state index in [1.165, 1.54) is 13.4 Å². The molecule has 0 aliphatic heterocycles. The van der Waals surface area contributed by atoms with E-state index in [1.807, 2.05) is 6.07 Å². The largest absolute Gasteiger partial charge is 0.468 e. The predicted molar refractivity (Wildman–Crippen MR) is 79.2 cm³/mol. The van der Waals surface area contributed by atoms with Gasteiger partial charge in [-0.05, 0) is 0 Å². The molecule has 0 saturated heterocycles. The van der Waals surface area contributed by atoms with Gasteiger partial charge in [-0.2, -0.15) is 5.26 Å². The third-order valence-electron chi connectivity index (χ3n) is 1.73. The Kier molecular flexibility index (Phi) is 11.2. The maximum Gasteiger partial charge on any atom is 0.316 e. The second kappa shape index (κ2) is 12.1. The second-order valence-corrected chi connectivity index (χ2v) is 5.19. The second-order valence-electron chi connectivity index (χ2n) is 3.22. The summed E-state index contributed by atoms with van der Waals surface area (Å²) in [4.78, 5) is 29.2. The van der Waals surface area contributed by atoms with Crippen molar-refractivity contribution in [1.29, 1.82) is 5.26 Å². The van der Waals surface area contributed by atoms with Crippen molar-refractivity contribution in [3.63, 3.8) is 0 Å². The SMILES string of the molecule is COC.COC(=O)CSc1ncnc(SCC=O)c1C#N. The highest BCUT2D eigenvalue weighted by molar-refractivity contribution is 8.00. The van der Waals surface area contributed by atoms with Crippen molar-refractivity contribution < 1.29 is 19.1 Å². The van der Waals surface area contributed by atoms with Gasteiger partial charge < -0.3 is 14.3 Å². The molecule has 0 N–H and O–H groups in total. The zero-order valence-corrected chi connectivity index (χ0v) is 13.5. The first-order valence-electron chi connectivity index (χ1n) is 5.55. The summed E-state index contributed by atoms with van der Waals surface area (Å²) in [5.74, 6) is -0.114. The number of nitriles is 1. The lowest BCUT2D eigenvalue weighted by atomic mass is 10.4. The Bertz CT molecular complexity index is 506. The summed E-state index contributed by atoms with van der Waals surface area (Å²) in [6, 6.07) is 1.98. The molecule has 1 rings (SSSR count). The molecular weight excluding hydrogens is 314 g/mol. The number of aromatic nitrogens is 2. The van der Waals surface area contributed by atoms with Gasteiger partial charge >= 0.3 is 5.97 Å². The molecule has 0 bridgehead atoms. The first kappa shape index (κ1) is 19.4. The molecule has 0 aliphatic rings. The Morgan fingerprint density at radius 1 is 1.33 bits per heavy atom. The molecule has 0 saturated carbocycles. The van der Waals surface area contributed by atoms with Crippen LogP contribution >= 0.6 is 23.5 Å². The molecule has 0 radical (unpaired) electrons. The van der Waals surface area contributed by atoms with Gasteiger partial charge in [0.05, 0.1) is 18.6 Å². The van der Waals surface area contributed by atoms with E-state index in [0.29, 0.717) is 10.1 Å². The normalized spacial score (nSPS) is 9.05. The van der Waals surface area contributed by atoms with Gasteiger partial charge in [-0.15, -0.1) is 0 Å². The van der Waals surface area contributed by atoms with Crippen LogP contribution in [0.25, 0.3) is 0 Å². The van der Waals surface area contributed by atoms with Crippen molar-refractivity contribution in [2.75, 3.05) is 32.8 Å². The van der Waals surface area contributed by atoms with Crippen LogP contribution in [0.2, 0.25) is 0 Å². The van der Waals surface area contributed by atoms with E-state index in [9.17, 15) is 9.59 Å². The van der Waals surface area contributed by atoms with Gasteiger partial charge in [0.25, 0.3) is 0 Å². The summed E-state index contributed by atoms with van der Waals surface area (Å²) in [6.45, 7) is 0. The number of carbonyl (C=O) groups excluding carboxylic acids is 2.